The fraction of sp³-hybridized carbons (Fsp3) is 0.170. The molecule has 0 aliphatic rings. The van der Waals surface area contributed by atoms with Crippen LogP contribution in [0.25, 0.3) is 22.5 Å². The molecule has 7 rings (SSSR count). The van der Waals surface area contributed by atoms with E-state index < -0.39 is 17.6 Å². The van der Waals surface area contributed by atoms with Crippen LogP contribution in [-0.2, 0) is 32.8 Å². The minimum Gasteiger partial charge on any atom is -0.467 e. The smallest absolute Gasteiger partial charge is 0.328 e. The Morgan fingerprint density at radius 1 is 0.655 bits per heavy atom. The van der Waals surface area contributed by atoms with Crippen LogP contribution in [0.1, 0.15) is 47.6 Å². The topological polar surface area (TPSA) is 90.2 Å². The van der Waals surface area contributed by atoms with Gasteiger partial charge in [0.2, 0.25) is 5.91 Å². The number of aromatic nitrogens is 4. The van der Waals surface area contributed by atoms with Gasteiger partial charge in [0, 0.05) is 24.9 Å². The van der Waals surface area contributed by atoms with Crippen LogP contribution in [0.2, 0.25) is 0 Å². The minimum atomic E-state index is -0.899. The molecule has 0 N–H and O–H groups in total. The molecule has 0 bridgehead atoms. The lowest BCUT2D eigenvalue weighted by atomic mass is 9.77. The van der Waals surface area contributed by atoms with Crippen molar-refractivity contribution in [3.8, 4) is 22.5 Å². The number of amides is 1. The maximum atomic E-state index is 13.6. The number of carbonyl (C=O) groups is 2. The van der Waals surface area contributed by atoms with Crippen molar-refractivity contribution < 1.29 is 14.3 Å². The molecule has 1 heterocycles. The molecular formula is C47H43N5O3. The van der Waals surface area contributed by atoms with E-state index in [2.05, 4.69) is 47.7 Å². The fourth-order valence-electron chi connectivity index (χ4n) is 7.43. The molecule has 0 unspecified atom stereocenters. The third-order valence-corrected chi connectivity index (χ3v) is 10.1. The molecule has 1 aromatic heterocycles. The van der Waals surface area contributed by atoms with Gasteiger partial charge < -0.3 is 9.64 Å². The van der Waals surface area contributed by atoms with Crippen molar-refractivity contribution in [3.05, 3.63) is 198 Å². The molecule has 0 spiro atoms. The predicted molar refractivity (Wildman–Crippen MR) is 215 cm³/mol. The molecule has 1 amide bonds. The van der Waals surface area contributed by atoms with E-state index in [9.17, 15) is 9.59 Å². The van der Waals surface area contributed by atoms with Gasteiger partial charge in [-0.3, -0.25) is 4.79 Å². The van der Waals surface area contributed by atoms with Gasteiger partial charge in [-0.1, -0.05) is 177 Å². The van der Waals surface area contributed by atoms with Crippen molar-refractivity contribution in [2.24, 2.45) is 0 Å². The first kappa shape index (κ1) is 36.7. The van der Waals surface area contributed by atoms with E-state index in [1.54, 1.807) is 4.90 Å². The number of methoxy groups -OCH3 is 1. The van der Waals surface area contributed by atoms with Gasteiger partial charge in [-0.05, 0) is 55.8 Å². The molecule has 0 fully saturated rings. The Balaban J connectivity index is 1.29. The van der Waals surface area contributed by atoms with Crippen molar-refractivity contribution in [1.82, 2.24) is 25.1 Å². The molecule has 8 heteroatoms. The van der Waals surface area contributed by atoms with E-state index in [1.165, 1.54) is 7.11 Å². The van der Waals surface area contributed by atoms with Crippen molar-refractivity contribution >= 4 is 11.9 Å². The maximum absolute atomic E-state index is 13.6. The summed E-state index contributed by atoms with van der Waals surface area (Å²) in [4.78, 5) is 28.4. The summed E-state index contributed by atoms with van der Waals surface area (Å²) in [6.07, 6.45) is 1.36. The Morgan fingerprint density at radius 2 is 1.16 bits per heavy atom. The molecule has 6 aromatic carbocycles. The molecular weight excluding hydrogens is 683 g/mol. The van der Waals surface area contributed by atoms with Crippen LogP contribution in [0, 0.1) is 0 Å². The van der Waals surface area contributed by atoms with Gasteiger partial charge in [0.15, 0.2) is 5.82 Å². The van der Waals surface area contributed by atoms with Gasteiger partial charge in [-0.25, -0.2) is 9.48 Å². The summed E-state index contributed by atoms with van der Waals surface area (Å²) in [5, 5.41) is 13.8. The first-order valence-corrected chi connectivity index (χ1v) is 18.6. The lowest BCUT2D eigenvalue weighted by Crippen LogP contribution is -2.46. The van der Waals surface area contributed by atoms with E-state index in [0.717, 1.165) is 44.5 Å². The van der Waals surface area contributed by atoms with Crippen LogP contribution in [0.4, 0.5) is 0 Å². The summed E-state index contributed by atoms with van der Waals surface area (Å²) < 4.78 is 7.17. The lowest BCUT2D eigenvalue weighted by molar-refractivity contribution is -0.153. The number of hydrogen-bond donors (Lipinski definition) is 0. The predicted octanol–water partition coefficient (Wildman–Crippen LogP) is 8.76. The Bertz CT molecular complexity index is 2220. The number of ether oxygens (including phenoxy) is 1. The summed E-state index contributed by atoms with van der Waals surface area (Å²) in [6, 6.07) is 56.2. The van der Waals surface area contributed by atoms with Crippen LogP contribution >= 0.6 is 0 Å². The second-order valence-corrected chi connectivity index (χ2v) is 13.5. The first-order valence-electron chi connectivity index (χ1n) is 18.6. The highest BCUT2D eigenvalue weighted by Crippen LogP contribution is 2.43. The summed E-state index contributed by atoms with van der Waals surface area (Å²) in [6.45, 7) is 2.23. The molecule has 8 nitrogen and oxygen atoms in total. The van der Waals surface area contributed by atoms with Crippen LogP contribution < -0.4 is 0 Å². The molecule has 7 aromatic rings. The Morgan fingerprint density at radius 3 is 1.69 bits per heavy atom. The zero-order chi connectivity index (χ0) is 38.0. The third-order valence-electron chi connectivity index (χ3n) is 10.1. The third kappa shape index (κ3) is 7.57. The van der Waals surface area contributed by atoms with Crippen LogP contribution in [0.5, 0.6) is 0 Å². The summed E-state index contributed by atoms with van der Waals surface area (Å²) in [5.41, 5.74) is 6.77. The summed E-state index contributed by atoms with van der Waals surface area (Å²) in [7, 11) is 1.37. The fourth-order valence-corrected chi connectivity index (χ4v) is 7.43. The monoisotopic (exact) mass is 725 g/mol. The average molecular weight is 726 g/mol. The van der Waals surface area contributed by atoms with E-state index in [1.807, 2.05) is 139 Å². The average Bonchev–Trinajstić information content (AvgIpc) is 3.74. The van der Waals surface area contributed by atoms with Gasteiger partial charge >= 0.3 is 5.97 Å². The summed E-state index contributed by atoms with van der Waals surface area (Å²) >= 11 is 0. The van der Waals surface area contributed by atoms with Gasteiger partial charge in [-0.15, -0.1) is 5.10 Å². The van der Waals surface area contributed by atoms with E-state index in [4.69, 9.17) is 15.0 Å². The highest BCUT2D eigenvalue weighted by Gasteiger charge is 2.42. The Hall–Kier alpha value is -6.67. The van der Waals surface area contributed by atoms with Crippen molar-refractivity contribution in [1.29, 1.82) is 0 Å². The normalized spacial score (nSPS) is 11.8. The SMILES string of the molecule is CCCC(=O)N(Cc1ccc(-c2ccccc2-c2nnnn2C(c2ccccc2)(c2ccccc2)c2ccccc2)cc1)[C@@H](Cc1ccccc1)C(=O)OC. The standard InChI is InChI=1S/C47H43N5O3/c1-3-18-44(53)51(43(46(54)55-2)33-35-19-8-4-9-20-35)34-36-29-31-37(32-30-36)41-27-16-17-28-42(41)45-48-49-50-52(45)47(38-21-10-5-11-22-38,39-23-12-6-13-24-39)40-25-14-7-15-26-40/h4-17,19-32,43H,3,18,33-34H2,1-2H3/t43-/m0/s1. The van der Waals surface area contributed by atoms with Crippen molar-refractivity contribution in [3.63, 3.8) is 0 Å². The van der Waals surface area contributed by atoms with Gasteiger partial charge in [0.05, 0.1) is 7.11 Å². The lowest BCUT2D eigenvalue weighted by Gasteiger charge is -2.36. The molecule has 1 atom stereocenters. The Kier molecular flexibility index (Phi) is 11.3. The number of rotatable bonds is 14. The number of tetrazole rings is 1. The van der Waals surface area contributed by atoms with E-state index in [-0.39, 0.29) is 12.5 Å². The molecule has 0 radical (unpaired) electrons. The van der Waals surface area contributed by atoms with Crippen LogP contribution in [-0.4, -0.2) is 50.1 Å². The van der Waals surface area contributed by atoms with Crippen molar-refractivity contribution in [2.45, 2.75) is 44.3 Å². The molecule has 55 heavy (non-hydrogen) atoms. The number of nitrogens with zero attached hydrogens (tertiary/aromatic N) is 5. The second-order valence-electron chi connectivity index (χ2n) is 13.5. The molecule has 0 saturated carbocycles. The summed E-state index contributed by atoms with van der Waals surface area (Å²) in [5.74, 6) is 0.0809. The number of esters is 1. The number of hydrogen-bond acceptors (Lipinski definition) is 6. The highest BCUT2D eigenvalue weighted by molar-refractivity contribution is 5.85. The number of carbonyl (C=O) groups excluding carboxylic acids is 2. The van der Waals surface area contributed by atoms with Crippen molar-refractivity contribution in [2.75, 3.05) is 7.11 Å². The largest absolute Gasteiger partial charge is 0.467 e. The maximum Gasteiger partial charge on any atom is 0.328 e. The quantitative estimate of drug-likeness (QED) is 0.0823. The zero-order valence-corrected chi connectivity index (χ0v) is 31.0. The molecule has 274 valence electrons. The van der Waals surface area contributed by atoms with Gasteiger partial charge in [0.25, 0.3) is 0 Å². The van der Waals surface area contributed by atoms with Gasteiger partial charge in [-0.2, -0.15) is 0 Å². The van der Waals surface area contributed by atoms with Crippen LogP contribution in [0.15, 0.2) is 170 Å². The first-order chi connectivity index (χ1) is 27.0. The van der Waals surface area contributed by atoms with E-state index >= 15 is 0 Å². The highest BCUT2D eigenvalue weighted by atomic mass is 16.5. The second kappa shape index (κ2) is 17.0. The molecule has 0 aliphatic heterocycles. The van der Waals surface area contributed by atoms with Crippen LogP contribution in [0.3, 0.4) is 0 Å². The zero-order valence-electron chi connectivity index (χ0n) is 31.0. The molecule has 0 aliphatic carbocycles. The Labute approximate surface area is 322 Å². The molecule has 0 saturated heterocycles. The minimum absolute atomic E-state index is 0.0891. The number of benzene rings is 6. The van der Waals surface area contributed by atoms with Gasteiger partial charge in [0.1, 0.15) is 11.6 Å². The van der Waals surface area contributed by atoms with E-state index in [0.29, 0.717) is 25.1 Å².